The molecule has 2 aromatic heterocycles. The number of thiophene rings is 1. The number of benzene rings is 1. The fourth-order valence-corrected chi connectivity index (χ4v) is 4.87. The van der Waals surface area contributed by atoms with Crippen molar-refractivity contribution < 1.29 is 18.8 Å². The Morgan fingerprint density at radius 2 is 2.00 bits per heavy atom. The number of nitrogens with one attached hydrogen (secondary N) is 2. The number of carbonyl (C=O) groups is 2. The molecule has 0 aliphatic heterocycles. The molecule has 0 saturated heterocycles. The Bertz CT molecular complexity index is 1110. The monoisotopic (exact) mass is 437 g/mol. The lowest BCUT2D eigenvalue weighted by Gasteiger charge is -2.12. The van der Waals surface area contributed by atoms with Crippen LogP contribution >= 0.6 is 11.3 Å². The number of fused-ring (bicyclic) bond motifs is 1. The predicted molar refractivity (Wildman–Crippen MR) is 120 cm³/mol. The third kappa shape index (κ3) is 4.39. The molecule has 4 rings (SSSR count). The highest BCUT2D eigenvalue weighted by molar-refractivity contribution is 7.17. The summed E-state index contributed by atoms with van der Waals surface area (Å²) in [6.45, 7) is 4.01. The summed E-state index contributed by atoms with van der Waals surface area (Å²) in [4.78, 5) is 26.8. The summed E-state index contributed by atoms with van der Waals surface area (Å²) < 4.78 is 10.5. The number of carbonyl (C=O) groups excluding carboxylic acids is 2. The zero-order chi connectivity index (χ0) is 21.8. The molecule has 0 bridgehead atoms. The minimum atomic E-state index is -0.417. The molecule has 1 aliphatic rings. The van der Waals surface area contributed by atoms with Crippen LogP contribution in [0.25, 0.3) is 11.3 Å². The smallest absolute Gasteiger partial charge is 0.278 e. The highest BCUT2D eigenvalue weighted by Crippen LogP contribution is 2.38. The van der Waals surface area contributed by atoms with Gasteiger partial charge in [-0.05, 0) is 55.5 Å². The summed E-state index contributed by atoms with van der Waals surface area (Å²) in [5, 5.41) is 10.2. The number of methoxy groups -OCH3 is 1. The molecule has 0 fully saturated rings. The molecule has 0 unspecified atom stereocenters. The average Bonchev–Trinajstić information content (AvgIpc) is 3.42. The van der Waals surface area contributed by atoms with E-state index in [1.807, 2.05) is 24.3 Å². The molecule has 0 spiro atoms. The molecule has 2 N–H and O–H groups in total. The number of aryl methyl sites for hydroxylation is 1. The van der Waals surface area contributed by atoms with E-state index in [1.54, 1.807) is 19.3 Å². The first-order chi connectivity index (χ1) is 15.1. The third-order valence-electron chi connectivity index (χ3n) is 5.15. The van der Waals surface area contributed by atoms with Crippen molar-refractivity contribution in [1.29, 1.82) is 0 Å². The summed E-state index contributed by atoms with van der Waals surface area (Å²) in [6.07, 6.45) is 5.51. The molecule has 0 radical (unpaired) electrons. The first kappa shape index (κ1) is 20.9. The van der Waals surface area contributed by atoms with Crippen molar-refractivity contribution in [3.8, 4) is 17.1 Å². The Kier molecular flexibility index (Phi) is 6.18. The Hall–Kier alpha value is -3.39. The van der Waals surface area contributed by atoms with Crippen LogP contribution in [-0.2, 0) is 12.8 Å². The molecule has 0 saturated carbocycles. The van der Waals surface area contributed by atoms with E-state index in [0.29, 0.717) is 22.9 Å². The Morgan fingerprint density at radius 3 is 2.74 bits per heavy atom. The van der Waals surface area contributed by atoms with Gasteiger partial charge in [-0.2, -0.15) is 0 Å². The molecular formula is C23H23N3O4S. The van der Waals surface area contributed by atoms with E-state index in [0.717, 1.165) is 47.4 Å². The van der Waals surface area contributed by atoms with Crippen LogP contribution in [0.1, 0.15) is 44.1 Å². The van der Waals surface area contributed by atoms with Gasteiger partial charge in [0.1, 0.15) is 10.8 Å². The molecule has 1 aliphatic carbocycles. The van der Waals surface area contributed by atoms with E-state index in [2.05, 4.69) is 22.4 Å². The quantitative estimate of drug-likeness (QED) is 0.533. The summed E-state index contributed by atoms with van der Waals surface area (Å²) >= 11 is 1.46. The Labute approximate surface area is 184 Å². The fraction of sp³-hybridized carbons (Fsp3) is 0.261. The van der Waals surface area contributed by atoms with Gasteiger partial charge in [0.15, 0.2) is 11.5 Å². The van der Waals surface area contributed by atoms with E-state index >= 15 is 0 Å². The van der Waals surface area contributed by atoms with Crippen molar-refractivity contribution in [2.75, 3.05) is 19.0 Å². The maximum atomic E-state index is 12.9. The summed E-state index contributed by atoms with van der Waals surface area (Å²) in [5.41, 5.74) is 2.51. The zero-order valence-corrected chi connectivity index (χ0v) is 18.0. The van der Waals surface area contributed by atoms with E-state index in [-0.39, 0.29) is 11.6 Å². The number of aromatic nitrogens is 1. The second kappa shape index (κ2) is 9.18. The number of ether oxygens (including phenoxy) is 1. The predicted octanol–water partition coefficient (Wildman–Crippen LogP) is 4.46. The highest BCUT2D eigenvalue weighted by atomic mass is 32.1. The lowest BCUT2D eigenvalue weighted by Crippen LogP contribution is -2.26. The molecule has 0 atom stereocenters. The van der Waals surface area contributed by atoms with Crippen molar-refractivity contribution in [3.05, 3.63) is 64.7 Å². The molecule has 2 heterocycles. The van der Waals surface area contributed by atoms with E-state index in [9.17, 15) is 9.59 Å². The van der Waals surface area contributed by atoms with Gasteiger partial charge >= 0.3 is 0 Å². The highest BCUT2D eigenvalue weighted by Gasteiger charge is 2.27. The van der Waals surface area contributed by atoms with Crippen LogP contribution in [0, 0.1) is 0 Å². The van der Waals surface area contributed by atoms with Crippen molar-refractivity contribution in [2.45, 2.75) is 25.7 Å². The normalized spacial score (nSPS) is 12.7. The lowest BCUT2D eigenvalue weighted by atomic mass is 9.95. The number of anilines is 1. The van der Waals surface area contributed by atoms with Crippen molar-refractivity contribution in [1.82, 2.24) is 10.5 Å². The van der Waals surface area contributed by atoms with Crippen LogP contribution in [0.5, 0.6) is 5.75 Å². The molecule has 31 heavy (non-hydrogen) atoms. The summed E-state index contributed by atoms with van der Waals surface area (Å²) in [6, 6.07) is 8.86. The van der Waals surface area contributed by atoms with E-state index in [1.165, 1.54) is 11.3 Å². The van der Waals surface area contributed by atoms with Crippen LogP contribution in [0.3, 0.4) is 0 Å². The standard InChI is InChI=1S/C23H23N3O4S/c1-3-12-24-22(28)20-16-6-4-5-7-19(16)31-23(20)25-21(27)17-13-18(30-26-17)14-8-10-15(29-2)11-9-14/h3,8-11,13H,1,4-7,12H2,2H3,(H,24,28)(H,25,27). The molecule has 8 heteroatoms. The van der Waals surface area contributed by atoms with Gasteiger partial charge in [0, 0.05) is 23.1 Å². The molecule has 160 valence electrons. The number of rotatable bonds is 7. The average molecular weight is 438 g/mol. The van der Waals surface area contributed by atoms with Gasteiger partial charge in [0.05, 0.1) is 12.7 Å². The van der Waals surface area contributed by atoms with E-state index < -0.39 is 5.91 Å². The number of hydrogen-bond donors (Lipinski definition) is 2. The number of amides is 2. The Balaban J connectivity index is 1.57. The van der Waals surface area contributed by atoms with Crippen LogP contribution in [0.4, 0.5) is 5.00 Å². The molecule has 3 aromatic rings. The molecular weight excluding hydrogens is 414 g/mol. The first-order valence-electron chi connectivity index (χ1n) is 10.1. The van der Waals surface area contributed by atoms with E-state index in [4.69, 9.17) is 9.26 Å². The van der Waals surface area contributed by atoms with Gasteiger partial charge in [-0.15, -0.1) is 17.9 Å². The fourth-order valence-electron chi connectivity index (χ4n) is 3.59. The third-order valence-corrected chi connectivity index (χ3v) is 6.36. The second-order valence-corrected chi connectivity index (χ2v) is 8.28. The van der Waals surface area contributed by atoms with Gasteiger partial charge < -0.3 is 19.9 Å². The van der Waals surface area contributed by atoms with Crippen LogP contribution in [0.2, 0.25) is 0 Å². The molecule has 7 nitrogen and oxygen atoms in total. The van der Waals surface area contributed by atoms with Gasteiger partial charge in [-0.1, -0.05) is 11.2 Å². The van der Waals surface area contributed by atoms with Crippen molar-refractivity contribution in [3.63, 3.8) is 0 Å². The molecule has 1 aromatic carbocycles. The van der Waals surface area contributed by atoms with Crippen molar-refractivity contribution >= 4 is 28.2 Å². The number of nitrogens with zero attached hydrogens (tertiary/aromatic N) is 1. The van der Waals surface area contributed by atoms with Crippen LogP contribution in [-0.4, -0.2) is 30.6 Å². The summed E-state index contributed by atoms with van der Waals surface area (Å²) in [7, 11) is 1.60. The van der Waals surface area contributed by atoms with Crippen LogP contribution < -0.4 is 15.4 Å². The lowest BCUT2D eigenvalue weighted by molar-refractivity contribution is 0.0958. The van der Waals surface area contributed by atoms with Gasteiger partial charge in [0.25, 0.3) is 11.8 Å². The van der Waals surface area contributed by atoms with Gasteiger partial charge in [0.2, 0.25) is 0 Å². The SMILES string of the molecule is C=CCNC(=O)c1c(NC(=O)c2cc(-c3ccc(OC)cc3)on2)sc2c1CCCC2. The summed E-state index contributed by atoms with van der Waals surface area (Å²) in [5.74, 6) is 0.584. The maximum absolute atomic E-state index is 12.9. The zero-order valence-electron chi connectivity index (χ0n) is 17.2. The number of hydrogen-bond acceptors (Lipinski definition) is 6. The molecule has 2 amide bonds. The van der Waals surface area contributed by atoms with Crippen molar-refractivity contribution in [2.24, 2.45) is 0 Å². The second-order valence-electron chi connectivity index (χ2n) is 7.17. The van der Waals surface area contributed by atoms with Crippen LogP contribution in [0.15, 0.2) is 47.5 Å². The van der Waals surface area contributed by atoms with Gasteiger partial charge in [-0.25, -0.2) is 0 Å². The topological polar surface area (TPSA) is 93.5 Å². The Morgan fingerprint density at radius 1 is 1.23 bits per heavy atom. The van der Waals surface area contributed by atoms with Gasteiger partial charge in [-0.3, -0.25) is 9.59 Å². The first-order valence-corrected chi connectivity index (χ1v) is 10.9. The minimum Gasteiger partial charge on any atom is -0.497 e. The largest absolute Gasteiger partial charge is 0.497 e. The maximum Gasteiger partial charge on any atom is 0.278 e. The minimum absolute atomic E-state index is 0.148.